The molecular formula is C15H19NO4. The van der Waals surface area contributed by atoms with Gasteiger partial charge in [0.15, 0.2) is 6.29 Å². The zero-order chi connectivity index (χ0) is 15.5. The van der Waals surface area contributed by atoms with Crippen molar-refractivity contribution < 1.29 is 14.3 Å². The molecule has 0 aromatic carbocycles. The van der Waals surface area contributed by atoms with Gasteiger partial charge >= 0.3 is 0 Å². The Kier molecular flexibility index (Phi) is 8.54. The molecule has 108 valence electrons. The molecule has 2 aromatic heterocycles. The van der Waals surface area contributed by atoms with E-state index in [4.69, 9.17) is 4.79 Å². The van der Waals surface area contributed by atoms with Crippen LogP contribution in [0.15, 0.2) is 35.3 Å². The third kappa shape index (κ3) is 4.44. The van der Waals surface area contributed by atoms with E-state index < -0.39 is 0 Å². The molecule has 0 amide bonds. The average Bonchev–Trinajstić information content (AvgIpc) is 2.53. The van der Waals surface area contributed by atoms with Crippen LogP contribution in [0.5, 0.6) is 0 Å². The first-order valence-electron chi connectivity index (χ1n) is 5.99. The van der Waals surface area contributed by atoms with Crippen molar-refractivity contribution in [2.75, 3.05) is 13.7 Å². The standard InChI is InChI=1S/C11H9NO2.C3H8O.CH2O/c1-8-6-9(7-13)11(14)12-5-3-2-4-10(8)12;1-3-4-2;1-2/h2-7H,1H3;3H2,1-2H3;1H2. The summed E-state index contributed by atoms with van der Waals surface area (Å²) in [5.41, 5.74) is 1.70. The Balaban J connectivity index is 0.000000521. The van der Waals surface area contributed by atoms with Crippen molar-refractivity contribution in [3.8, 4) is 0 Å². The third-order valence-electron chi connectivity index (χ3n) is 2.52. The van der Waals surface area contributed by atoms with Crippen molar-refractivity contribution in [3.05, 3.63) is 51.9 Å². The summed E-state index contributed by atoms with van der Waals surface area (Å²) < 4.78 is 6.03. The van der Waals surface area contributed by atoms with E-state index in [9.17, 15) is 9.59 Å². The molecule has 5 nitrogen and oxygen atoms in total. The van der Waals surface area contributed by atoms with Crippen LogP contribution in [0.25, 0.3) is 5.52 Å². The zero-order valence-corrected chi connectivity index (χ0v) is 12.0. The molecule has 2 rings (SSSR count). The van der Waals surface area contributed by atoms with E-state index in [0.29, 0.717) is 6.29 Å². The van der Waals surface area contributed by atoms with E-state index in [0.717, 1.165) is 17.7 Å². The molecule has 20 heavy (non-hydrogen) atoms. The van der Waals surface area contributed by atoms with Gasteiger partial charge in [-0.25, -0.2) is 0 Å². The number of rotatable bonds is 2. The summed E-state index contributed by atoms with van der Waals surface area (Å²) in [6.45, 7) is 6.65. The summed E-state index contributed by atoms with van der Waals surface area (Å²) in [6, 6.07) is 7.10. The quantitative estimate of drug-likeness (QED) is 0.786. The van der Waals surface area contributed by atoms with Crippen LogP contribution in [0.2, 0.25) is 0 Å². The van der Waals surface area contributed by atoms with E-state index in [-0.39, 0.29) is 11.1 Å². The van der Waals surface area contributed by atoms with Crippen LogP contribution in [0, 0.1) is 6.92 Å². The van der Waals surface area contributed by atoms with Crippen molar-refractivity contribution in [3.63, 3.8) is 0 Å². The number of aldehydes is 1. The fourth-order valence-electron chi connectivity index (χ4n) is 1.53. The van der Waals surface area contributed by atoms with E-state index >= 15 is 0 Å². The number of fused-ring (bicyclic) bond motifs is 1. The maximum absolute atomic E-state index is 11.6. The van der Waals surface area contributed by atoms with Crippen LogP contribution in [-0.4, -0.2) is 31.2 Å². The smallest absolute Gasteiger partial charge is 0.265 e. The van der Waals surface area contributed by atoms with E-state index in [2.05, 4.69) is 4.74 Å². The van der Waals surface area contributed by atoms with Crippen LogP contribution >= 0.6 is 0 Å². The van der Waals surface area contributed by atoms with Gasteiger partial charge in [-0.2, -0.15) is 0 Å². The number of hydrogen-bond donors (Lipinski definition) is 0. The van der Waals surface area contributed by atoms with Gasteiger partial charge in [-0.15, -0.1) is 0 Å². The predicted molar refractivity (Wildman–Crippen MR) is 78.5 cm³/mol. The van der Waals surface area contributed by atoms with Gasteiger partial charge in [0, 0.05) is 19.9 Å². The van der Waals surface area contributed by atoms with Crippen molar-refractivity contribution >= 4 is 18.6 Å². The summed E-state index contributed by atoms with van der Waals surface area (Å²) in [7, 11) is 1.68. The minimum atomic E-state index is -0.263. The van der Waals surface area contributed by atoms with Gasteiger partial charge in [0.25, 0.3) is 5.56 Å². The summed E-state index contributed by atoms with van der Waals surface area (Å²) in [5.74, 6) is 0. The first kappa shape index (κ1) is 17.7. The van der Waals surface area contributed by atoms with Crippen LogP contribution in [0.1, 0.15) is 22.8 Å². The van der Waals surface area contributed by atoms with Crippen molar-refractivity contribution in [2.45, 2.75) is 13.8 Å². The molecule has 0 spiro atoms. The van der Waals surface area contributed by atoms with Gasteiger partial charge in [-0.3, -0.25) is 14.0 Å². The van der Waals surface area contributed by atoms with Crippen molar-refractivity contribution in [2.24, 2.45) is 0 Å². The second-order valence-electron chi connectivity index (χ2n) is 3.74. The molecule has 0 aliphatic carbocycles. The number of nitrogens with zero attached hydrogens (tertiary/aromatic N) is 1. The Morgan fingerprint density at radius 3 is 2.45 bits per heavy atom. The summed E-state index contributed by atoms with van der Waals surface area (Å²) >= 11 is 0. The highest BCUT2D eigenvalue weighted by Gasteiger charge is 2.04. The van der Waals surface area contributed by atoms with Gasteiger partial charge in [0.1, 0.15) is 6.79 Å². The Hall–Kier alpha value is -2.27. The molecule has 0 aliphatic rings. The Labute approximate surface area is 117 Å². The molecule has 0 atom stereocenters. The minimum absolute atomic E-state index is 0.200. The molecule has 2 aromatic rings. The predicted octanol–water partition coefficient (Wildman–Crippen LogP) is 1.89. The lowest BCUT2D eigenvalue weighted by atomic mass is 10.1. The average molecular weight is 277 g/mol. The number of hydrogen-bond acceptors (Lipinski definition) is 4. The molecule has 0 aliphatic heterocycles. The molecule has 0 fully saturated rings. The van der Waals surface area contributed by atoms with Gasteiger partial charge in [-0.1, -0.05) is 6.07 Å². The van der Waals surface area contributed by atoms with Crippen LogP contribution in [0.3, 0.4) is 0 Å². The summed E-state index contributed by atoms with van der Waals surface area (Å²) in [4.78, 5) is 30.3. The molecular weight excluding hydrogens is 258 g/mol. The number of carbonyl (C=O) groups is 2. The van der Waals surface area contributed by atoms with Crippen LogP contribution in [-0.2, 0) is 9.53 Å². The highest BCUT2D eigenvalue weighted by atomic mass is 16.5. The fraction of sp³-hybridized carbons (Fsp3) is 0.267. The van der Waals surface area contributed by atoms with E-state index in [1.165, 1.54) is 4.40 Å². The van der Waals surface area contributed by atoms with Gasteiger partial charge in [0.05, 0.1) is 11.1 Å². The molecule has 0 saturated heterocycles. The molecule has 0 saturated carbocycles. The largest absolute Gasteiger partial charge is 0.385 e. The number of pyridine rings is 2. The van der Waals surface area contributed by atoms with E-state index in [1.807, 2.05) is 32.8 Å². The van der Waals surface area contributed by atoms with Gasteiger partial charge < -0.3 is 9.53 Å². The lowest BCUT2D eigenvalue weighted by Gasteiger charge is -2.03. The number of methoxy groups -OCH3 is 1. The third-order valence-corrected chi connectivity index (χ3v) is 2.52. The number of ether oxygens (including phenoxy) is 1. The summed E-state index contributed by atoms with van der Waals surface area (Å²) in [6.07, 6.45) is 2.26. The second-order valence-corrected chi connectivity index (χ2v) is 3.74. The maximum Gasteiger partial charge on any atom is 0.265 e. The normalized spacial score (nSPS) is 8.95. The van der Waals surface area contributed by atoms with Crippen molar-refractivity contribution in [1.82, 2.24) is 4.40 Å². The molecule has 0 radical (unpaired) electrons. The summed E-state index contributed by atoms with van der Waals surface area (Å²) in [5, 5.41) is 0. The molecule has 0 unspecified atom stereocenters. The Morgan fingerprint density at radius 2 is 1.95 bits per heavy atom. The SMILES string of the molecule is C=O.CCOC.Cc1cc(C=O)c(=O)n2ccccc12. The van der Waals surface area contributed by atoms with Gasteiger partial charge in [0.2, 0.25) is 0 Å². The first-order chi connectivity index (χ1) is 9.65. The molecule has 2 heterocycles. The highest BCUT2D eigenvalue weighted by Crippen LogP contribution is 2.07. The van der Waals surface area contributed by atoms with Crippen LogP contribution < -0.4 is 5.56 Å². The van der Waals surface area contributed by atoms with E-state index in [1.54, 1.807) is 25.4 Å². The fourth-order valence-corrected chi connectivity index (χ4v) is 1.53. The highest BCUT2D eigenvalue weighted by molar-refractivity contribution is 5.76. The molecule has 5 heteroatoms. The maximum atomic E-state index is 11.6. The zero-order valence-electron chi connectivity index (χ0n) is 12.0. The molecule has 0 bridgehead atoms. The van der Waals surface area contributed by atoms with Crippen LogP contribution in [0.4, 0.5) is 0 Å². The number of aryl methyl sites for hydroxylation is 1. The minimum Gasteiger partial charge on any atom is -0.385 e. The lowest BCUT2D eigenvalue weighted by molar-refractivity contribution is -0.0979. The topological polar surface area (TPSA) is 64.9 Å². The van der Waals surface area contributed by atoms with Gasteiger partial charge in [-0.05, 0) is 37.6 Å². The molecule has 0 N–H and O–H groups in total. The lowest BCUT2D eigenvalue weighted by Crippen LogP contribution is -2.18. The monoisotopic (exact) mass is 277 g/mol. The number of carbonyl (C=O) groups excluding carboxylic acids is 2. The second kappa shape index (κ2) is 9.63. The number of aromatic nitrogens is 1. The first-order valence-corrected chi connectivity index (χ1v) is 5.99. The Bertz CT molecular complexity index is 602. The van der Waals surface area contributed by atoms with Crippen molar-refractivity contribution in [1.29, 1.82) is 0 Å². The Morgan fingerprint density at radius 1 is 1.35 bits per heavy atom.